The fraction of sp³-hybridized carbons (Fsp3) is 0.448. The summed E-state index contributed by atoms with van der Waals surface area (Å²) in [7, 11) is 1.58. The number of ether oxygens (including phenoxy) is 3. The Hall–Kier alpha value is -3.80. The van der Waals surface area contributed by atoms with Crippen molar-refractivity contribution in [3.8, 4) is 17.1 Å². The fourth-order valence-electron chi connectivity index (χ4n) is 5.47. The number of hydrogen-bond acceptors (Lipinski definition) is 10. The number of morpholine rings is 1. The van der Waals surface area contributed by atoms with E-state index in [2.05, 4.69) is 32.7 Å². The maximum Gasteiger partial charge on any atom is 0.271 e. The molecular weight excluding hydrogens is 510 g/mol. The van der Waals surface area contributed by atoms with Crippen LogP contribution in [0.15, 0.2) is 42.6 Å². The Bertz CT molecular complexity index is 1360. The van der Waals surface area contributed by atoms with Gasteiger partial charge in [0.05, 0.1) is 26.9 Å². The number of nitrogens with zero attached hydrogens (tertiary/aromatic N) is 4. The van der Waals surface area contributed by atoms with Gasteiger partial charge in [0.15, 0.2) is 17.3 Å². The quantitative estimate of drug-likeness (QED) is 0.368. The smallest absolute Gasteiger partial charge is 0.271 e. The van der Waals surface area contributed by atoms with Crippen molar-refractivity contribution < 1.29 is 19.0 Å². The topological polar surface area (TPSA) is 137 Å². The predicted octanol–water partition coefficient (Wildman–Crippen LogP) is 3.20. The number of carbonyl (C=O) groups is 1. The first-order valence-electron chi connectivity index (χ1n) is 13.8. The number of aromatic nitrogens is 3. The van der Waals surface area contributed by atoms with Crippen molar-refractivity contribution in [2.75, 3.05) is 57.3 Å². The van der Waals surface area contributed by atoms with Gasteiger partial charge >= 0.3 is 0 Å². The molecule has 2 aromatic heterocycles. The summed E-state index contributed by atoms with van der Waals surface area (Å²) >= 11 is 0. The van der Waals surface area contributed by atoms with Crippen molar-refractivity contribution in [1.82, 2.24) is 19.9 Å². The predicted molar refractivity (Wildman–Crippen MR) is 151 cm³/mol. The lowest BCUT2D eigenvalue weighted by Gasteiger charge is -2.33. The van der Waals surface area contributed by atoms with Gasteiger partial charge in [-0.1, -0.05) is 12.1 Å². The van der Waals surface area contributed by atoms with E-state index in [4.69, 9.17) is 29.9 Å². The molecule has 4 heterocycles. The van der Waals surface area contributed by atoms with Crippen LogP contribution in [0.1, 0.15) is 35.3 Å². The number of nitrogens with one attached hydrogen (secondary N) is 2. The minimum Gasteiger partial charge on any atom is -0.494 e. The zero-order chi connectivity index (χ0) is 27.5. The molecule has 6 rings (SSSR count). The van der Waals surface area contributed by atoms with Crippen LogP contribution in [0.25, 0.3) is 11.4 Å². The highest BCUT2D eigenvalue weighted by molar-refractivity contribution is 5.97. The van der Waals surface area contributed by atoms with Crippen LogP contribution < -0.4 is 21.1 Å². The second-order valence-corrected chi connectivity index (χ2v) is 10.6. The molecule has 2 saturated heterocycles. The van der Waals surface area contributed by atoms with Crippen molar-refractivity contribution in [3.63, 3.8) is 0 Å². The average molecular weight is 546 g/mol. The first-order valence-corrected chi connectivity index (χ1v) is 13.8. The minimum atomic E-state index is -0.689. The molecule has 40 heavy (non-hydrogen) atoms. The fourth-order valence-corrected chi connectivity index (χ4v) is 5.47. The van der Waals surface area contributed by atoms with Crippen LogP contribution in [0, 0.1) is 5.41 Å². The van der Waals surface area contributed by atoms with Crippen molar-refractivity contribution in [2.24, 2.45) is 11.1 Å². The minimum absolute atomic E-state index is 0.0266. The molecule has 210 valence electrons. The van der Waals surface area contributed by atoms with Gasteiger partial charge in [-0.25, -0.2) is 9.97 Å². The van der Waals surface area contributed by atoms with Gasteiger partial charge in [0.25, 0.3) is 5.91 Å². The lowest BCUT2D eigenvalue weighted by atomic mass is 9.92. The van der Waals surface area contributed by atoms with Crippen molar-refractivity contribution >= 4 is 23.2 Å². The zero-order valence-electron chi connectivity index (χ0n) is 22.7. The number of benzene rings is 1. The van der Waals surface area contributed by atoms with Crippen molar-refractivity contribution in [2.45, 2.75) is 31.8 Å². The summed E-state index contributed by atoms with van der Waals surface area (Å²) in [4.78, 5) is 29.1. The molecule has 11 nitrogen and oxygen atoms in total. The summed E-state index contributed by atoms with van der Waals surface area (Å²) in [6.45, 7) is 5.64. The number of rotatable bonds is 9. The first-order chi connectivity index (χ1) is 19.5. The number of primary amides is 1. The van der Waals surface area contributed by atoms with Crippen LogP contribution in [0.5, 0.6) is 5.75 Å². The Morgan fingerprint density at radius 2 is 1.88 bits per heavy atom. The molecule has 2 aliphatic heterocycles. The molecule has 3 aliphatic rings. The second-order valence-electron chi connectivity index (χ2n) is 10.6. The maximum atomic E-state index is 12.6. The Kier molecular flexibility index (Phi) is 7.50. The second kappa shape index (κ2) is 11.4. The molecule has 11 heteroatoms. The van der Waals surface area contributed by atoms with E-state index < -0.39 is 5.91 Å². The van der Waals surface area contributed by atoms with Gasteiger partial charge in [-0.15, -0.1) is 0 Å². The largest absolute Gasteiger partial charge is 0.494 e. The van der Waals surface area contributed by atoms with Gasteiger partial charge in [-0.05, 0) is 49.1 Å². The molecule has 3 fully saturated rings. The van der Waals surface area contributed by atoms with Gasteiger partial charge < -0.3 is 30.6 Å². The van der Waals surface area contributed by atoms with E-state index in [0.717, 1.165) is 64.4 Å². The molecule has 1 atom stereocenters. The molecular formula is C29H35N7O4. The van der Waals surface area contributed by atoms with Gasteiger partial charge in [0.2, 0.25) is 0 Å². The Labute approximate surface area is 233 Å². The van der Waals surface area contributed by atoms with Crippen molar-refractivity contribution in [3.05, 3.63) is 53.9 Å². The zero-order valence-corrected chi connectivity index (χ0v) is 22.7. The highest BCUT2D eigenvalue weighted by atomic mass is 16.5. The third-order valence-corrected chi connectivity index (χ3v) is 7.95. The lowest BCUT2D eigenvalue weighted by Crippen LogP contribution is -2.39. The number of methoxy groups -OCH3 is 1. The number of carbonyl (C=O) groups excluding carboxylic acids is 1. The molecule has 1 saturated carbocycles. The Balaban J connectivity index is 1.33. The van der Waals surface area contributed by atoms with E-state index in [1.807, 2.05) is 12.1 Å². The molecule has 0 bridgehead atoms. The summed E-state index contributed by atoms with van der Waals surface area (Å²) in [6, 6.07) is 11.8. The highest BCUT2D eigenvalue weighted by Crippen LogP contribution is 2.52. The molecule has 1 unspecified atom stereocenters. The van der Waals surface area contributed by atoms with Crippen LogP contribution in [0.2, 0.25) is 0 Å². The SMILES string of the molecule is COc1cccnc1-c1nc(C(N)=O)c(Nc2ccc(CN3CCOCC3)cc2)nc1NC1CCOCC12CC2. The Morgan fingerprint density at radius 1 is 1.07 bits per heavy atom. The molecule has 1 amide bonds. The molecule has 1 aromatic carbocycles. The summed E-state index contributed by atoms with van der Waals surface area (Å²) in [6.07, 6.45) is 4.71. The van der Waals surface area contributed by atoms with E-state index in [0.29, 0.717) is 29.6 Å². The summed E-state index contributed by atoms with van der Waals surface area (Å²) in [5.74, 6) is 0.643. The van der Waals surface area contributed by atoms with Crippen LogP contribution in [-0.4, -0.2) is 78.4 Å². The van der Waals surface area contributed by atoms with E-state index in [1.165, 1.54) is 5.56 Å². The average Bonchev–Trinajstić information content (AvgIpc) is 3.75. The Morgan fingerprint density at radius 3 is 2.60 bits per heavy atom. The van der Waals surface area contributed by atoms with Crippen molar-refractivity contribution in [1.29, 1.82) is 0 Å². The van der Waals surface area contributed by atoms with Gasteiger partial charge in [0.1, 0.15) is 17.1 Å². The van der Waals surface area contributed by atoms with E-state index in [1.54, 1.807) is 25.4 Å². The third kappa shape index (κ3) is 5.58. The van der Waals surface area contributed by atoms with Crippen LogP contribution in [0.3, 0.4) is 0 Å². The number of nitrogens with two attached hydrogens (primary N) is 1. The van der Waals surface area contributed by atoms with Gasteiger partial charge in [-0.3, -0.25) is 14.7 Å². The monoisotopic (exact) mass is 545 g/mol. The molecule has 4 N–H and O–H groups in total. The van der Waals surface area contributed by atoms with E-state index in [-0.39, 0.29) is 23.0 Å². The lowest BCUT2D eigenvalue weighted by molar-refractivity contribution is 0.0342. The number of anilines is 3. The maximum absolute atomic E-state index is 12.6. The summed E-state index contributed by atoms with van der Waals surface area (Å²) in [5, 5.41) is 6.92. The standard InChI is InChI=1S/C29H35N7O4/c1-38-21-3-2-11-31-23(21)24-27(33-22-8-14-40-18-29(22)9-10-29)35-28(25(34-24)26(30)37)32-20-6-4-19(5-7-20)17-36-12-15-39-16-13-36/h2-7,11,22H,8-10,12-18H2,1H3,(H2,30,37)(H2,32,33,35). The van der Waals surface area contributed by atoms with E-state index in [9.17, 15) is 4.79 Å². The highest BCUT2D eigenvalue weighted by Gasteiger charge is 2.51. The van der Waals surface area contributed by atoms with Gasteiger partial charge in [-0.2, -0.15) is 0 Å². The van der Waals surface area contributed by atoms with Crippen LogP contribution in [-0.2, 0) is 16.0 Å². The normalized spacial score (nSPS) is 20.2. The summed E-state index contributed by atoms with van der Waals surface area (Å²) in [5.41, 5.74) is 8.81. The van der Waals surface area contributed by atoms with Crippen LogP contribution >= 0.6 is 0 Å². The summed E-state index contributed by atoms with van der Waals surface area (Å²) < 4.78 is 16.8. The van der Waals surface area contributed by atoms with Crippen LogP contribution in [0.4, 0.5) is 17.3 Å². The molecule has 1 spiro atoms. The first kappa shape index (κ1) is 26.4. The molecule has 3 aromatic rings. The molecule has 0 radical (unpaired) electrons. The molecule has 1 aliphatic carbocycles. The van der Waals surface area contributed by atoms with E-state index >= 15 is 0 Å². The number of pyridine rings is 1. The number of hydrogen-bond donors (Lipinski definition) is 3. The number of amides is 1. The third-order valence-electron chi connectivity index (χ3n) is 7.95. The van der Waals surface area contributed by atoms with Gasteiger partial charge in [0, 0.05) is 49.6 Å².